The molecular weight excluding hydrogens is 303 g/mol. The summed E-state index contributed by atoms with van der Waals surface area (Å²) < 4.78 is 0. The SMILES string of the molecule is O=C1CCC(N2Cc3c(Cl)cc(Cl)cc3C2=O)C(=O)N1. The summed E-state index contributed by atoms with van der Waals surface area (Å²) in [6, 6.07) is 2.49. The number of fused-ring (bicyclic) bond motifs is 1. The number of benzene rings is 1. The maximum absolute atomic E-state index is 12.4. The third-order valence-electron chi connectivity index (χ3n) is 3.57. The maximum atomic E-state index is 12.4. The predicted molar refractivity (Wildman–Crippen MR) is 72.5 cm³/mol. The number of amides is 3. The lowest BCUT2D eigenvalue weighted by molar-refractivity contribution is -0.136. The van der Waals surface area contributed by atoms with E-state index in [0.717, 1.165) is 0 Å². The highest BCUT2D eigenvalue weighted by molar-refractivity contribution is 6.36. The second-order valence-corrected chi connectivity index (χ2v) is 5.66. The van der Waals surface area contributed by atoms with Gasteiger partial charge in [0.2, 0.25) is 11.8 Å². The fourth-order valence-corrected chi connectivity index (χ4v) is 3.14. The molecule has 104 valence electrons. The number of rotatable bonds is 1. The minimum absolute atomic E-state index is 0.227. The minimum atomic E-state index is -0.637. The van der Waals surface area contributed by atoms with Crippen molar-refractivity contribution >= 4 is 40.9 Å². The third-order valence-corrected chi connectivity index (χ3v) is 4.12. The Morgan fingerprint density at radius 1 is 1.20 bits per heavy atom. The van der Waals surface area contributed by atoms with Crippen LogP contribution in [0.2, 0.25) is 10.0 Å². The Bertz CT molecular complexity index is 645. The molecule has 0 aromatic heterocycles. The number of nitrogens with one attached hydrogen (secondary N) is 1. The van der Waals surface area contributed by atoms with Crippen molar-refractivity contribution in [3.05, 3.63) is 33.3 Å². The van der Waals surface area contributed by atoms with E-state index in [9.17, 15) is 14.4 Å². The number of nitrogens with zero attached hydrogens (tertiary/aromatic N) is 1. The van der Waals surface area contributed by atoms with Gasteiger partial charge in [0, 0.05) is 34.1 Å². The van der Waals surface area contributed by atoms with E-state index in [0.29, 0.717) is 27.6 Å². The molecule has 1 atom stereocenters. The molecule has 7 heteroatoms. The van der Waals surface area contributed by atoms with E-state index < -0.39 is 11.9 Å². The maximum Gasteiger partial charge on any atom is 0.255 e. The summed E-state index contributed by atoms with van der Waals surface area (Å²) >= 11 is 12.0. The molecule has 1 aromatic carbocycles. The monoisotopic (exact) mass is 312 g/mol. The normalized spacial score (nSPS) is 22.0. The first kappa shape index (κ1) is 13.4. The first-order valence-corrected chi connectivity index (χ1v) is 6.85. The molecule has 0 aliphatic carbocycles. The fraction of sp³-hybridized carbons (Fsp3) is 0.308. The molecule has 0 radical (unpaired) electrons. The van der Waals surface area contributed by atoms with Gasteiger partial charge < -0.3 is 4.90 Å². The van der Waals surface area contributed by atoms with Crippen molar-refractivity contribution < 1.29 is 14.4 Å². The Hall–Kier alpha value is -1.59. The quantitative estimate of drug-likeness (QED) is 0.803. The minimum Gasteiger partial charge on any atom is -0.322 e. The van der Waals surface area contributed by atoms with Crippen LogP contribution in [-0.2, 0) is 16.1 Å². The van der Waals surface area contributed by atoms with Gasteiger partial charge in [0.15, 0.2) is 0 Å². The van der Waals surface area contributed by atoms with E-state index in [4.69, 9.17) is 23.2 Å². The van der Waals surface area contributed by atoms with Gasteiger partial charge in [-0.1, -0.05) is 23.2 Å². The van der Waals surface area contributed by atoms with Gasteiger partial charge in [-0.25, -0.2) is 0 Å². The number of hydrogen-bond acceptors (Lipinski definition) is 3. The van der Waals surface area contributed by atoms with Crippen LogP contribution in [0.15, 0.2) is 12.1 Å². The van der Waals surface area contributed by atoms with Gasteiger partial charge in [0.25, 0.3) is 5.91 Å². The van der Waals surface area contributed by atoms with Crippen LogP contribution in [0.25, 0.3) is 0 Å². The molecule has 2 aliphatic heterocycles. The average molecular weight is 313 g/mol. The van der Waals surface area contributed by atoms with Crippen molar-refractivity contribution in [1.29, 1.82) is 0 Å². The fourth-order valence-electron chi connectivity index (χ4n) is 2.58. The molecule has 1 aromatic rings. The molecule has 0 bridgehead atoms. The van der Waals surface area contributed by atoms with E-state index in [1.54, 1.807) is 12.1 Å². The molecule has 2 heterocycles. The van der Waals surface area contributed by atoms with Gasteiger partial charge in [-0.2, -0.15) is 0 Å². The standard InChI is InChI=1S/C13H10Cl2N2O3/c14-6-3-7-8(9(15)4-6)5-17(13(7)20)10-1-2-11(18)16-12(10)19/h3-4,10H,1-2,5H2,(H,16,18,19). The van der Waals surface area contributed by atoms with E-state index >= 15 is 0 Å². The van der Waals surface area contributed by atoms with Crippen LogP contribution in [0.1, 0.15) is 28.8 Å². The summed E-state index contributed by atoms with van der Waals surface area (Å²) in [5, 5.41) is 3.04. The summed E-state index contributed by atoms with van der Waals surface area (Å²) in [6.07, 6.45) is 0.556. The molecule has 1 unspecified atom stereocenters. The summed E-state index contributed by atoms with van der Waals surface area (Å²) in [7, 11) is 0. The van der Waals surface area contributed by atoms with Crippen LogP contribution >= 0.6 is 23.2 Å². The van der Waals surface area contributed by atoms with Crippen LogP contribution in [0, 0.1) is 0 Å². The van der Waals surface area contributed by atoms with Crippen molar-refractivity contribution in [3.8, 4) is 0 Å². The van der Waals surface area contributed by atoms with Gasteiger partial charge in [-0.15, -0.1) is 0 Å². The molecule has 1 saturated heterocycles. The Morgan fingerprint density at radius 3 is 2.65 bits per heavy atom. The largest absolute Gasteiger partial charge is 0.322 e. The van der Waals surface area contributed by atoms with Gasteiger partial charge in [0.1, 0.15) is 6.04 Å². The highest BCUT2D eigenvalue weighted by atomic mass is 35.5. The zero-order valence-electron chi connectivity index (χ0n) is 10.3. The molecule has 0 saturated carbocycles. The summed E-state index contributed by atoms with van der Waals surface area (Å²) in [4.78, 5) is 36.8. The number of halogens is 2. The van der Waals surface area contributed by atoms with E-state index in [1.165, 1.54) is 4.90 Å². The lowest BCUT2D eigenvalue weighted by Gasteiger charge is -2.29. The second kappa shape index (κ2) is 4.75. The Balaban J connectivity index is 1.92. The number of hydrogen-bond donors (Lipinski definition) is 1. The van der Waals surface area contributed by atoms with Crippen LogP contribution in [0.3, 0.4) is 0 Å². The molecule has 3 amide bonds. The van der Waals surface area contributed by atoms with Crippen molar-refractivity contribution in [2.24, 2.45) is 0 Å². The third kappa shape index (κ3) is 2.07. The molecule has 0 spiro atoms. The first-order chi connectivity index (χ1) is 9.47. The number of piperidine rings is 1. The molecular formula is C13H10Cl2N2O3. The van der Waals surface area contributed by atoms with E-state index in [1.807, 2.05) is 0 Å². The predicted octanol–water partition coefficient (Wildman–Crippen LogP) is 1.75. The number of carbonyl (C=O) groups excluding carboxylic acids is 3. The topological polar surface area (TPSA) is 66.5 Å². The van der Waals surface area contributed by atoms with Gasteiger partial charge >= 0.3 is 0 Å². The zero-order chi connectivity index (χ0) is 14.4. The van der Waals surface area contributed by atoms with Crippen LogP contribution in [-0.4, -0.2) is 28.7 Å². The summed E-state index contributed by atoms with van der Waals surface area (Å²) in [5.74, 6) is -1.03. The van der Waals surface area contributed by atoms with Crippen molar-refractivity contribution in [2.75, 3.05) is 0 Å². The first-order valence-electron chi connectivity index (χ1n) is 6.10. The molecule has 20 heavy (non-hydrogen) atoms. The molecule has 1 N–H and O–H groups in total. The van der Waals surface area contributed by atoms with E-state index in [2.05, 4.69) is 5.32 Å². The highest BCUT2D eigenvalue weighted by Crippen LogP contribution is 2.34. The average Bonchev–Trinajstić information content (AvgIpc) is 2.68. The number of carbonyl (C=O) groups is 3. The number of imide groups is 1. The molecule has 2 aliphatic rings. The summed E-state index contributed by atoms with van der Waals surface area (Å²) in [5.41, 5.74) is 1.10. The molecule has 3 rings (SSSR count). The van der Waals surface area contributed by atoms with Crippen molar-refractivity contribution in [3.63, 3.8) is 0 Å². The van der Waals surface area contributed by atoms with E-state index in [-0.39, 0.29) is 24.8 Å². The lowest BCUT2D eigenvalue weighted by atomic mass is 10.0. The second-order valence-electron chi connectivity index (χ2n) is 4.81. The smallest absolute Gasteiger partial charge is 0.255 e. The van der Waals surface area contributed by atoms with Crippen LogP contribution < -0.4 is 5.32 Å². The summed E-state index contributed by atoms with van der Waals surface area (Å²) in [6.45, 7) is 0.260. The van der Waals surface area contributed by atoms with Crippen molar-refractivity contribution in [2.45, 2.75) is 25.4 Å². The highest BCUT2D eigenvalue weighted by Gasteiger charge is 2.39. The Morgan fingerprint density at radius 2 is 1.95 bits per heavy atom. The zero-order valence-corrected chi connectivity index (χ0v) is 11.8. The van der Waals surface area contributed by atoms with Crippen LogP contribution in [0.4, 0.5) is 0 Å². The van der Waals surface area contributed by atoms with Gasteiger partial charge in [-0.3, -0.25) is 19.7 Å². The molecule has 1 fully saturated rings. The lowest BCUT2D eigenvalue weighted by Crippen LogP contribution is -2.52. The van der Waals surface area contributed by atoms with Gasteiger partial charge in [0.05, 0.1) is 0 Å². The Labute approximate surface area is 124 Å². The van der Waals surface area contributed by atoms with Crippen LogP contribution in [0.5, 0.6) is 0 Å². The van der Waals surface area contributed by atoms with Crippen molar-refractivity contribution in [1.82, 2.24) is 10.2 Å². The Kier molecular flexibility index (Phi) is 3.18. The van der Waals surface area contributed by atoms with Gasteiger partial charge in [-0.05, 0) is 18.6 Å². The molecule has 5 nitrogen and oxygen atoms in total.